The second kappa shape index (κ2) is 5.54. The number of carbonyl (C=O) groups is 2. The topological polar surface area (TPSA) is 102 Å². The van der Waals surface area contributed by atoms with Gasteiger partial charge >= 0.3 is 0 Å². The Hall–Kier alpha value is -1.61. The highest BCUT2D eigenvalue weighted by Crippen LogP contribution is 2.28. The SMILES string of the molecule is CN(C1CCNCC1)[S+](=O)([O-])c1ccc2c(c1)C(=O)NC2=O. The lowest BCUT2D eigenvalue weighted by molar-refractivity contribution is 0.0879. The number of nitrogens with zero attached hydrogens (tertiary/aromatic N) is 1. The third kappa shape index (κ3) is 2.48. The van der Waals surface area contributed by atoms with Crippen molar-refractivity contribution in [1.29, 1.82) is 0 Å². The lowest BCUT2D eigenvalue weighted by Crippen LogP contribution is -2.46. The van der Waals surface area contributed by atoms with Gasteiger partial charge in [0.15, 0.2) is 15.3 Å². The molecule has 1 saturated heterocycles. The molecule has 0 spiro atoms. The molecule has 2 aliphatic rings. The van der Waals surface area contributed by atoms with Gasteiger partial charge in [-0.1, -0.05) is 4.21 Å². The lowest BCUT2D eigenvalue weighted by atomic mass is 10.1. The molecule has 1 fully saturated rings. The molecule has 1 aromatic rings. The molecule has 2 aliphatic heterocycles. The summed E-state index contributed by atoms with van der Waals surface area (Å²) in [5, 5.41) is 5.35. The predicted octanol–water partition coefficient (Wildman–Crippen LogP) is 0.158. The highest BCUT2D eigenvalue weighted by Gasteiger charge is 2.36. The maximum absolute atomic E-state index is 12.7. The summed E-state index contributed by atoms with van der Waals surface area (Å²) in [6.45, 7) is 1.57. The van der Waals surface area contributed by atoms with Crippen molar-refractivity contribution in [2.24, 2.45) is 0 Å². The highest BCUT2D eigenvalue weighted by molar-refractivity contribution is 7.95. The van der Waals surface area contributed by atoms with Crippen molar-refractivity contribution in [3.8, 4) is 0 Å². The van der Waals surface area contributed by atoms with Crippen LogP contribution in [-0.2, 0) is 14.6 Å². The van der Waals surface area contributed by atoms with E-state index in [2.05, 4.69) is 10.6 Å². The standard InChI is InChI=1S/C14H17N3O4S/c1-17(9-4-6-15-7-5-9)22(20,21)10-2-3-11-12(8-10)14(19)16-13(11)18/h2-3,8-9,15H,4-7H2,1H3,(H-,16,18,19,20,21). The summed E-state index contributed by atoms with van der Waals surface area (Å²) in [6.07, 6.45) is 1.50. The van der Waals surface area contributed by atoms with E-state index in [0.717, 1.165) is 25.9 Å². The summed E-state index contributed by atoms with van der Waals surface area (Å²) in [6, 6.07) is 3.99. The van der Waals surface area contributed by atoms with Crippen molar-refractivity contribution in [2.45, 2.75) is 23.8 Å². The summed E-state index contributed by atoms with van der Waals surface area (Å²) in [4.78, 5) is 23.2. The average Bonchev–Trinajstić information content (AvgIpc) is 2.81. The number of hydrogen-bond donors (Lipinski definition) is 2. The van der Waals surface area contributed by atoms with Crippen LogP contribution in [0.4, 0.5) is 0 Å². The second-order valence-electron chi connectivity index (χ2n) is 5.49. The molecule has 0 aromatic heterocycles. The average molecular weight is 323 g/mol. The minimum absolute atomic E-state index is 0.0390. The maximum atomic E-state index is 12.7. The zero-order chi connectivity index (χ0) is 15.9. The summed E-state index contributed by atoms with van der Waals surface area (Å²) in [7, 11) is -2.13. The van der Waals surface area contributed by atoms with Crippen LogP contribution in [0.1, 0.15) is 33.6 Å². The Morgan fingerprint density at radius 3 is 2.50 bits per heavy atom. The number of fused-ring (bicyclic) bond motifs is 1. The highest BCUT2D eigenvalue weighted by atomic mass is 32.3. The van der Waals surface area contributed by atoms with Crippen LogP contribution in [0.2, 0.25) is 0 Å². The van der Waals surface area contributed by atoms with Crippen molar-refractivity contribution in [3.63, 3.8) is 0 Å². The summed E-state index contributed by atoms with van der Waals surface area (Å²) in [5.41, 5.74) is 0.332. The van der Waals surface area contributed by atoms with Crippen LogP contribution >= 0.6 is 0 Å². The van der Waals surface area contributed by atoms with E-state index in [4.69, 9.17) is 0 Å². The van der Waals surface area contributed by atoms with Crippen LogP contribution in [0.5, 0.6) is 0 Å². The number of sulfonamides is 1. The molecule has 8 heteroatoms. The van der Waals surface area contributed by atoms with Crippen LogP contribution in [0.25, 0.3) is 0 Å². The van der Waals surface area contributed by atoms with Gasteiger partial charge in [0.1, 0.15) is 0 Å². The lowest BCUT2D eigenvalue weighted by Gasteiger charge is -2.33. The molecule has 1 unspecified atom stereocenters. The van der Waals surface area contributed by atoms with E-state index < -0.39 is 22.2 Å². The molecule has 0 aliphatic carbocycles. The van der Waals surface area contributed by atoms with Crippen molar-refractivity contribution >= 4 is 22.2 Å². The monoisotopic (exact) mass is 323 g/mol. The number of piperidine rings is 1. The molecule has 118 valence electrons. The molecule has 3 rings (SSSR count). The number of imide groups is 1. The van der Waals surface area contributed by atoms with E-state index in [1.807, 2.05) is 0 Å². The largest absolute Gasteiger partial charge is 0.593 e. The second-order valence-corrected chi connectivity index (χ2v) is 7.49. The molecule has 2 amide bonds. The summed E-state index contributed by atoms with van der Waals surface area (Å²) >= 11 is 0. The first-order valence-corrected chi connectivity index (χ1v) is 8.54. The zero-order valence-corrected chi connectivity index (χ0v) is 12.9. The fourth-order valence-electron chi connectivity index (χ4n) is 2.84. The van der Waals surface area contributed by atoms with E-state index in [0.29, 0.717) is 0 Å². The van der Waals surface area contributed by atoms with Gasteiger partial charge in [-0.05, 0) is 38.1 Å². The third-order valence-corrected chi connectivity index (χ3v) is 6.11. The number of hydrogen-bond acceptors (Lipinski definition) is 5. The predicted molar refractivity (Wildman–Crippen MR) is 79.0 cm³/mol. The molecule has 22 heavy (non-hydrogen) atoms. The first-order chi connectivity index (χ1) is 10.4. The van der Waals surface area contributed by atoms with Gasteiger partial charge in [0, 0.05) is 13.1 Å². The van der Waals surface area contributed by atoms with E-state index in [1.165, 1.54) is 22.5 Å². The molecule has 0 saturated carbocycles. The van der Waals surface area contributed by atoms with E-state index in [-0.39, 0.29) is 22.1 Å². The Labute approximate surface area is 129 Å². The minimum atomic E-state index is -3.69. The Morgan fingerprint density at radius 2 is 1.82 bits per heavy atom. The molecule has 2 N–H and O–H groups in total. The smallest absolute Gasteiger partial charge is 0.259 e. The summed E-state index contributed by atoms with van der Waals surface area (Å²) in [5.74, 6) is -1.04. The molecule has 2 heterocycles. The number of carbonyl (C=O) groups excluding carboxylic acids is 2. The van der Waals surface area contributed by atoms with Crippen molar-refractivity contribution in [1.82, 2.24) is 14.9 Å². The molecule has 0 bridgehead atoms. The van der Waals surface area contributed by atoms with Crippen molar-refractivity contribution in [2.75, 3.05) is 20.1 Å². The van der Waals surface area contributed by atoms with Gasteiger partial charge in [0.25, 0.3) is 11.8 Å². The van der Waals surface area contributed by atoms with Crippen LogP contribution < -0.4 is 10.6 Å². The third-order valence-electron chi connectivity index (χ3n) is 4.21. The maximum Gasteiger partial charge on any atom is 0.259 e. The Morgan fingerprint density at radius 1 is 1.18 bits per heavy atom. The van der Waals surface area contributed by atoms with Gasteiger partial charge in [-0.3, -0.25) is 14.9 Å². The van der Waals surface area contributed by atoms with Gasteiger partial charge in [0.05, 0.1) is 17.2 Å². The zero-order valence-electron chi connectivity index (χ0n) is 12.1. The van der Waals surface area contributed by atoms with E-state index >= 15 is 0 Å². The fraction of sp³-hybridized carbons (Fsp3) is 0.429. The van der Waals surface area contributed by atoms with Crippen LogP contribution in [-0.4, -0.2) is 46.9 Å². The molecule has 0 radical (unpaired) electrons. The van der Waals surface area contributed by atoms with Crippen LogP contribution in [0, 0.1) is 0 Å². The molecule has 1 atom stereocenters. The first kappa shape index (κ1) is 15.3. The number of nitrogens with one attached hydrogen (secondary N) is 2. The van der Waals surface area contributed by atoms with E-state index in [9.17, 15) is 18.4 Å². The van der Waals surface area contributed by atoms with Gasteiger partial charge in [-0.15, -0.1) is 4.31 Å². The van der Waals surface area contributed by atoms with Crippen molar-refractivity contribution < 1.29 is 18.4 Å². The fourth-order valence-corrected chi connectivity index (χ4v) is 4.28. The molecular formula is C14H17N3O4S. The Bertz CT molecular complexity index is 685. The Kier molecular flexibility index (Phi) is 3.85. The van der Waals surface area contributed by atoms with Gasteiger partial charge in [0.2, 0.25) is 0 Å². The minimum Gasteiger partial charge on any atom is -0.593 e. The number of amides is 2. The number of benzene rings is 1. The molecule has 1 aromatic carbocycles. The summed E-state index contributed by atoms with van der Waals surface area (Å²) < 4.78 is 26.8. The van der Waals surface area contributed by atoms with Crippen molar-refractivity contribution in [3.05, 3.63) is 29.3 Å². The van der Waals surface area contributed by atoms with E-state index in [1.54, 1.807) is 7.05 Å². The normalized spacial score (nSPS) is 21.6. The van der Waals surface area contributed by atoms with Gasteiger partial charge < -0.3 is 9.87 Å². The molecule has 7 nitrogen and oxygen atoms in total. The quantitative estimate of drug-likeness (QED) is 0.609. The Balaban J connectivity index is 1.92. The molecular weight excluding hydrogens is 306 g/mol. The number of rotatable bonds is 3. The van der Waals surface area contributed by atoms with Gasteiger partial charge in [-0.2, -0.15) is 0 Å². The first-order valence-electron chi connectivity index (χ1n) is 7.10. The van der Waals surface area contributed by atoms with Crippen LogP contribution in [0.15, 0.2) is 23.1 Å². The van der Waals surface area contributed by atoms with Gasteiger partial charge in [-0.25, -0.2) is 0 Å². The van der Waals surface area contributed by atoms with Crippen LogP contribution in [0.3, 0.4) is 0 Å².